The van der Waals surface area contributed by atoms with Crippen LogP contribution >= 0.6 is 11.6 Å². The summed E-state index contributed by atoms with van der Waals surface area (Å²) in [5, 5.41) is 25.8. The summed E-state index contributed by atoms with van der Waals surface area (Å²) in [7, 11) is 0. The standard InChI is InChI=1S/C41H41ClN4O3/c1-27-33(6-3-8-36(27)37-9-4-7-35(28(37)2)31-11-13-32(14-12-31)39-10-5-15-46-39)26-49-41-20-40(34(19-38(41)42)24-44-16-17-47)48-25-30-18-29(21-43)22-45-23-30/h3-4,6-9,11-14,18-20,22-23,39,44,46-47H,5,10,15-17,24-26H2,1-2H3. The van der Waals surface area contributed by atoms with Crippen molar-refractivity contribution in [1.82, 2.24) is 15.6 Å². The number of hydrogen-bond donors (Lipinski definition) is 3. The number of aliphatic hydroxyl groups excluding tert-OH is 1. The Morgan fingerprint density at radius 2 is 1.65 bits per heavy atom. The molecular weight excluding hydrogens is 632 g/mol. The highest BCUT2D eigenvalue weighted by molar-refractivity contribution is 6.32. The average Bonchev–Trinajstić information content (AvgIpc) is 3.67. The van der Waals surface area contributed by atoms with Crippen molar-refractivity contribution in [1.29, 1.82) is 5.26 Å². The molecule has 0 radical (unpaired) electrons. The first-order valence-corrected chi connectivity index (χ1v) is 17.1. The highest BCUT2D eigenvalue weighted by atomic mass is 35.5. The van der Waals surface area contributed by atoms with Crippen LogP contribution in [0.5, 0.6) is 11.5 Å². The minimum absolute atomic E-state index is 0.0192. The number of aromatic nitrogens is 1. The number of pyridine rings is 1. The lowest BCUT2D eigenvalue weighted by atomic mass is 9.89. The van der Waals surface area contributed by atoms with E-state index in [0.717, 1.165) is 28.8 Å². The number of ether oxygens (including phenoxy) is 2. The third-order valence-electron chi connectivity index (χ3n) is 9.17. The molecule has 6 rings (SSSR count). The van der Waals surface area contributed by atoms with E-state index in [1.807, 2.05) is 6.07 Å². The van der Waals surface area contributed by atoms with E-state index in [-0.39, 0.29) is 13.2 Å². The first-order valence-electron chi connectivity index (χ1n) is 16.7. The van der Waals surface area contributed by atoms with Crippen LogP contribution in [0.1, 0.15) is 57.8 Å². The van der Waals surface area contributed by atoms with Gasteiger partial charge >= 0.3 is 0 Å². The molecule has 1 fully saturated rings. The fourth-order valence-electron chi connectivity index (χ4n) is 6.44. The van der Waals surface area contributed by atoms with Crippen molar-refractivity contribution in [2.45, 2.75) is 52.5 Å². The van der Waals surface area contributed by atoms with Crippen molar-refractivity contribution in [3.05, 3.63) is 135 Å². The summed E-state index contributed by atoms with van der Waals surface area (Å²) < 4.78 is 12.5. The normalized spacial score (nSPS) is 14.1. The fourth-order valence-corrected chi connectivity index (χ4v) is 6.68. The summed E-state index contributed by atoms with van der Waals surface area (Å²) in [6.07, 6.45) is 5.62. The molecule has 1 saturated heterocycles. The third kappa shape index (κ3) is 8.13. The molecule has 49 heavy (non-hydrogen) atoms. The summed E-state index contributed by atoms with van der Waals surface area (Å²) in [4.78, 5) is 4.13. The summed E-state index contributed by atoms with van der Waals surface area (Å²) >= 11 is 6.74. The molecule has 0 spiro atoms. The maximum atomic E-state index is 9.26. The van der Waals surface area contributed by atoms with Gasteiger partial charge in [-0.25, -0.2) is 0 Å². The summed E-state index contributed by atoms with van der Waals surface area (Å²) in [6.45, 7) is 6.88. The van der Waals surface area contributed by atoms with Crippen LogP contribution in [0.2, 0.25) is 5.02 Å². The van der Waals surface area contributed by atoms with E-state index in [0.29, 0.717) is 47.8 Å². The number of nitrogens with one attached hydrogen (secondary N) is 2. The van der Waals surface area contributed by atoms with Crippen LogP contribution < -0.4 is 20.1 Å². The second-order valence-corrected chi connectivity index (χ2v) is 12.8. The minimum Gasteiger partial charge on any atom is -0.488 e. The number of hydrogen-bond acceptors (Lipinski definition) is 7. The zero-order chi connectivity index (χ0) is 34.2. The molecule has 1 atom stereocenters. The molecule has 1 aliphatic rings. The van der Waals surface area contributed by atoms with Gasteiger partial charge in [0.25, 0.3) is 0 Å². The van der Waals surface area contributed by atoms with Gasteiger partial charge in [0, 0.05) is 48.7 Å². The number of benzene rings is 4. The van der Waals surface area contributed by atoms with Crippen molar-refractivity contribution in [2.24, 2.45) is 0 Å². The number of nitrogens with zero attached hydrogens (tertiary/aromatic N) is 2. The van der Waals surface area contributed by atoms with Gasteiger partial charge in [-0.15, -0.1) is 0 Å². The van der Waals surface area contributed by atoms with E-state index < -0.39 is 0 Å². The summed E-state index contributed by atoms with van der Waals surface area (Å²) in [6, 6.07) is 29.8. The van der Waals surface area contributed by atoms with Crippen LogP contribution in [-0.4, -0.2) is 29.8 Å². The molecule has 1 unspecified atom stereocenters. The molecule has 5 aromatic rings. The Balaban J connectivity index is 1.22. The van der Waals surface area contributed by atoms with Crippen molar-refractivity contribution in [3.8, 4) is 39.8 Å². The monoisotopic (exact) mass is 672 g/mol. The molecule has 3 N–H and O–H groups in total. The topological polar surface area (TPSA) is 99.4 Å². The molecule has 0 saturated carbocycles. The maximum Gasteiger partial charge on any atom is 0.142 e. The highest BCUT2D eigenvalue weighted by Gasteiger charge is 2.18. The molecule has 7 nitrogen and oxygen atoms in total. The lowest BCUT2D eigenvalue weighted by Crippen LogP contribution is -2.18. The van der Waals surface area contributed by atoms with Crippen LogP contribution in [0.25, 0.3) is 22.3 Å². The van der Waals surface area contributed by atoms with E-state index in [2.05, 4.69) is 96.2 Å². The second kappa shape index (κ2) is 16.1. The minimum atomic E-state index is 0.0192. The number of rotatable bonds is 13. The van der Waals surface area contributed by atoms with Gasteiger partial charge in [0.05, 0.1) is 17.2 Å². The Morgan fingerprint density at radius 1 is 0.898 bits per heavy atom. The summed E-state index contributed by atoms with van der Waals surface area (Å²) in [5.74, 6) is 1.10. The van der Waals surface area contributed by atoms with Gasteiger partial charge in [-0.3, -0.25) is 4.98 Å². The third-order valence-corrected chi connectivity index (χ3v) is 9.47. The predicted molar refractivity (Wildman–Crippen MR) is 195 cm³/mol. The van der Waals surface area contributed by atoms with E-state index in [1.54, 1.807) is 18.3 Å². The quantitative estimate of drug-likeness (QED) is 0.108. The SMILES string of the molecule is Cc1c(COc2cc(OCc3cncc(C#N)c3)c(CNCCO)cc2Cl)cccc1-c1cccc(-c2ccc(C3CCCN3)cc2)c1C. The molecule has 0 amide bonds. The predicted octanol–water partition coefficient (Wildman–Crippen LogP) is 8.22. The lowest BCUT2D eigenvalue weighted by molar-refractivity contribution is 0.282. The summed E-state index contributed by atoms with van der Waals surface area (Å²) in [5.41, 5.74) is 11.7. The van der Waals surface area contributed by atoms with Crippen molar-refractivity contribution < 1.29 is 14.6 Å². The van der Waals surface area contributed by atoms with Crippen molar-refractivity contribution in [3.63, 3.8) is 0 Å². The first-order chi connectivity index (χ1) is 23.9. The Bertz CT molecular complexity index is 1950. The lowest BCUT2D eigenvalue weighted by Gasteiger charge is -2.18. The average molecular weight is 673 g/mol. The van der Waals surface area contributed by atoms with Crippen molar-refractivity contribution >= 4 is 11.6 Å². The molecule has 8 heteroatoms. The van der Waals surface area contributed by atoms with E-state index in [9.17, 15) is 10.4 Å². The van der Waals surface area contributed by atoms with Crippen molar-refractivity contribution in [2.75, 3.05) is 19.7 Å². The molecule has 4 aromatic carbocycles. The highest BCUT2D eigenvalue weighted by Crippen LogP contribution is 2.37. The van der Waals surface area contributed by atoms with Gasteiger partial charge in [-0.1, -0.05) is 72.3 Å². The van der Waals surface area contributed by atoms with Crippen LogP contribution in [-0.2, 0) is 19.8 Å². The van der Waals surface area contributed by atoms with Crippen LogP contribution in [0, 0.1) is 25.2 Å². The molecule has 2 heterocycles. The van der Waals surface area contributed by atoms with Crippen LogP contribution in [0.4, 0.5) is 0 Å². The largest absolute Gasteiger partial charge is 0.488 e. The molecule has 1 aliphatic heterocycles. The Hall–Kier alpha value is -4.71. The molecule has 0 bridgehead atoms. The fraction of sp³-hybridized carbons (Fsp3) is 0.268. The smallest absolute Gasteiger partial charge is 0.142 e. The maximum absolute atomic E-state index is 9.26. The van der Waals surface area contributed by atoms with E-state index in [1.165, 1.54) is 52.4 Å². The van der Waals surface area contributed by atoms with Gasteiger partial charge in [-0.2, -0.15) is 5.26 Å². The second-order valence-electron chi connectivity index (χ2n) is 12.4. The molecule has 1 aromatic heterocycles. The molecule has 250 valence electrons. The van der Waals surface area contributed by atoms with Gasteiger partial charge in [-0.05, 0) is 89.9 Å². The van der Waals surface area contributed by atoms with Crippen LogP contribution in [0.3, 0.4) is 0 Å². The van der Waals surface area contributed by atoms with Crippen LogP contribution in [0.15, 0.2) is 91.3 Å². The zero-order valence-electron chi connectivity index (χ0n) is 27.9. The number of nitriles is 1. The molecule has 0 aliphatic carbocycles. The Labute approximate surface area is 293 Å². The number of halogens is 1. The molecular formula is C41H41ClN4O3. The zero-order valence-corrected chi connectivity index (χ0v) is 28.7. The van der Waals surface area contributed by atoms with Gasteiger partial charge in [0.2, 0.25) is 0 Å². The number of aliphatic hydroxyl groups is 1. The Morgan fingerprint density at radius 3 is 2.41 bits per heavy atom. The Kier molecular flexibility index (Phi) is 11.2. The van der Waals surface area contributed by atoms with Gasteiger partial charge in [0.1, 0.15) is 30.8 Å². The van der Waals surface area contributed by atoms with E-state index in [4.69, 9.17) is 21.1 Å². The van der Waals surface area contributed by atoms with Gasteiger partial charge in [0.15, 0.2) is 0 Å². The van der Waals surface area contributed by atoms with E-state index >= 15 is 0 Å². The first kappa shape index (κ1) is 34.2. The van der Waals surface area contributed by atoms with Gasteiger partial charge < -0.3 is 25.2 Å².